The van der Waals surface area contributed by atoms with Crippen LogP contribution < -0.4 is 10.6 Å². The minimum Gasteiger partial charge on any atom is -0.392 e. The second-order valence-electron chi connectivity index (χ2n) is 7.74. The van der Waals surface area contributed by atoms with E-state index in [0.717, 1.165) is 53.2 Å². The maximum atomic E-state index is 8.14. The highest BCUT2D eigenvalue weighted by molar-refractivity contribution is 6.00. The van der Waals surface area contributed by atoms with E-state index in [2.05, 4.69) is 46.8 Å². The van der Waals surface area contributed by atoms with Gasteiger partial charge in [-0.15, -0.1) is 0 Å². The Bertz CT molecular complexity index is 1140. The molecule has 0 bridgehead atoms. The SMILES string of the molecule is CN/C(C)=C\C(=N)Nc1ncc2c(n1)-c1c(nn(C)c1Cc1cccc(C)c1)CC2. The quantitative estimate of drug-likeness (QED) is 0.450. The number of allylic oxidation sites excluding steroid dienone is 1. The van der Waals surface area contributed by atoms with E-state index in [4.69, 9.17) is 15.5 Å². The van der Waals surface area contributed by atoms with Gasteiger partial charge in [0, 0.05) is 38.0 Å². The van der Waals surface area contributed by atoms with Gasteiger partial charge in [0.15, 0.2) is 0 Å². The van der Waals surface area contributed by atoms with Crippen molar-refractivity contribution < 1.29 is 0 Å². The number of rotatable bonds is 5. The molecule has 0 amide bonds. The summed E-state index contributed by atoms with van der Waals surface area (Å²) in [7, 11) is 3.83. The summed E-state index contributed by atoms with van der Waals surface area (Å²) in [6.45, 7) is 4.02. The van der Waals surface area contributed by atoms with Crippen LogP contribution in [0, 0.1) is 12.3 Å². The monoisotopic (exact) mass is 401 g/mol. The molecule has 0 atom stereocenters. The summed E-state index contributed by atoms with van der Waals surface area (Å²) in [4.78, 5) is 9.22. The predicted octanol–water partition coefficient (Wildman–Crippen LogP) is 3.39. The van der Waals surface area contributed by atoms with Crippen molar-refractivity contribution in [3.05, 3.63) is 70.3 Å². The second kappa shape index (κ2) is 8.10. The number of benzene rings is 1. The molecule has 3 aromatic rings. The predicted molar refractivity (Wildman–Crippen MR) is 120 cm³/mol. The number of fused-ring (bicyclic) bond motifs is 3. The summed E-state index contributed by atoms with van der Waals surface area (Å²) in [5, 5.41) is 18.9. The Hall–Kier alpha value is -3.48. The van der Waals surface area contributed by atoms with E-state index >= 15 is 0 Å². The van der Waals surface area contributed by atoms with E-state index in [1.807, 2.05) is 31.9 Å². The molecular formula is C23H27N7. The summed E-state index contributed by atoms with van der Waals surface area (Å²) < 4.78 is 1.98. The molecule has 2 heterocycles. The third-order valence-electron chi connectivity index (χ3n) is 5.43. The van der Waals surface area contributed by atoms with Crippen LogP contribution in [-0.2, 0) is 26.3 Å². The lowest BCUT2D eigenvalue weighted by molar-refractivity contribution is 0.705. The molecule has 7 nitrogen and oxygen atoms in total. The summed E-state index contributed by atoms with van der Waals surface area (Å²) in [6.07, 6.45) is 6.15. The van der Waals surface area contributed by atoms with Crippen molar-refractivity contribution >= 4 is 11.8 Å². The Balaban J connectivity index is 1.71. The van der Waals surface area contributed by atoms with E-state index in [1.165, 1.54) is 11.1 Å². The molecule has 4 rings (SSSR count). The third kappa shape index (κ3) is 3.96. The lowest BCUT2D eigenvalue weighted by atomic mass is 9.91. The topological polar surface area (TPSA) is 91.5 Å². The van der Waals surface area contributed by atoms with Crippen molar-refractivity contribution in [2.75, 3.05) is 12.4 Å². The molecule has 0 saturated carbocycles. The Labute approximate surface area is 176 Å². The van der Waals surface area contributed by atoms with Crippen LogP contribution in [0.3, 0.4) is 0 Å². The molecule has 154 valence electrons. The minimum atomic E-state index is 0.240. The van der Waals surface area contributed by atoms with E-state index in [1.54, 1.807) is 6.08 Å². The van der Waals surface area contributed by atoms with Gasteiger partial charge >= 0.3 is 0 Å². The van der Waals surface area contributed by atoms with Gasteiger partial charge in [0.05, 0.1) is 17.1 Å². The van der Waals surface area contributed by atoms with Gasteiger partial charge in [-0.2, -0.15) is 5.10 Å². The Kier molecular flexibility index (Phi) is 5.35. The fourth-order valence-corrected chi connectivity index (χ4v) is 3.85. The van der Waals surface area contributed by atoms with Crippen LogP contribution in [0.5, 0.6) is 0 Å². The molecule has 30 heavy (non-hydrogen) atoms. The van der Waals surface area contributed by atoms with Crippen LogP contribution >= 0.6 is 0 Å². The third-order valence-corrected chi connectivity index (χ3v) is 5.43. The van der Waals surface area contributed by atoms with Crippen molar-refractivity contribution in [1.29, 1.82) is 5.41 Å². The van der Waals surface area contributed by atoms with Crippen LogP contribution in [-0.4, -0.2) is 32.6 Å². The van der Waals surface area contributed by atoms with E-state index < -0.39 is 0 Å². The van der Waals surface area contributed by atoms with Crippen molar-refractivity contribution in [2.45, 2.75) is 33.1 Å². The van der Waals surface area contributed by atoms with Crippen molar-refractivity contribution in [3.8, 4) is 11.3 Å². The summed E-state index contributed by atoms with van der Waals surface area (Å²) in [5.41, 5.74) is 8.79. The number of nitrogens with zero attached hydrogens (tertiary/aromatic N) is 4. The Morgan fingerprint density at radius 3 is 2.90 bits per heavy atom. The van der Waals surface area contributed by atoms with Gasteiger partial charge in [0.1, 0.15) is 5.84 Å². The lowest BCUT2D eigenvalue weighted by Crippen LogP contribution is -2.15. The zero-order valence-corrected chi connectivity index (χ0v) is 17.9. The van der Waals surface area contributed by atoms with Gasteiger partial charge in [-0.05, 0) is 43.9 Å². The molecule has 0 aliphatic heterocycles. The van der Waals surface area contributed by atoms with Gasteiger partial charge < -0.3 is 10.6 Å². The fraction of sp³-hybridized carbons (Fsp3) is 0.304. The molecule has 0 fully saturated rings. The highest BCUT2D eigenvalue weighted by Gasteiger charge is 2.26. The molecule has 1 aliphatic rings. The normalized spacial score (nSPS) is 12.9. The first-order chi connectivity index (χ1) is 14.4. The molecule has 1 aromatic carbocycles. The Morgan fingerprint density at radius 1 is 1.30 bits per heavy atom. The first-order valence-electron chi connectivity index (χ1n) is 10.1. The fourth-order valence-electron chi connectivity index (χ4n) is 3.85. The maximum Gasteiger partial charge on any atom is 0.228 e. The van der Waals surface area contributed by atoms with Crippen molar-refractivity contribution in [3.63, 3.8) is 0 Å². The number of hydrogen-bond donors (Lipinski definition) is 3. The van der Waals surface area contributed by atoms with E-state index in [0.29, 0.717) is 5.95 Å². The summed E-state index contributed by atoms with van der Waals surface area (Å²) >= 11 is 0. The van der Waals surface area contributed by atoms with Crippen molar-refractivity contribution in [2.24, 2.45) is 7.05 Å². The molecule has 0 spiro atoms. The van der Waals surface area contributed by atoms with Crippen LogP contribution in [0.2, 0.25) is 0 Å². The van der Waals surface area contributed by atoms with Gasteiger partial charge in [0.2, 0.25) is 5.95 Å². The van der Waals surface area contributed by atoms with E-state index in [9.17, 15) is 0 Å². The van der Waals surface area contributed by atoms with Crippen LogP contribution in [0.15, 0.2) is 42.2 Å². The lowest BCUT2D eigenvalue weighted by Gasteiger charge is -2.17. The molecular weight excluding hydrogens is 374 g/mol. The van der Waals surface area contributed by atoms with Crippen LogP contribution in [0.25, 0.3) is 11.3 Å². The molecule has 3 N–H and O–H groups in total. The molecule has 0 unspecified atom stereocenters. The number of hydrogen-bond acceptors (Lipinski definition) is 5. The highest BCUT2D eigenvalue weighted by atomic mass is 15.3. The smallest absolute Gasteiger partial charge is 0.228 e. The summed E-state index contributed by atoms with van der Waals surface area (Å²) in [5.74, 6) is 0.668. The number of aromatic nitrogens is 4. The number of aryl methyl sites for hydroxylation is 4. The zero-order valence-electron chi connectivity index (χ0n) is 17.9. The standard InChI is InChI=1S/C23H27N7/c1-14-6-5-7-16(10-14)12-19-21-18(29-30(19)4)9-8-17-13-26-23(28-22(17)21)27-20(24)11-15(2)25-3/h5-7,10-11,13,25H,8-9,12H2,1-4H3,(H2,24,26,27,28)/b15-11-. The molecule has 7 heteroatoms. The number of nitrogens with one attached hydrogen (secondary N) is 3. The molecule has 0 radical (unpaired) electrons. The highest BCUT2D eigenvalue weighted by Crippen LogP contribution is 2.35. The summed E-state index contributed by atoms with van der Waals surface area (Å²) in [6, 6.07) is 8.58. The first-order valence-corrected chi connectivity index (χ1v) is 10.1. The average Bonchev–Trinajstić information content (AvgIpc) is 3.03. The molecule has 2 aromatic heterocycles. The largest absolute Gasteiger partial charge is 0.392 e. The Morgan fingerprint density at radius 2 is 2.13 bits per heavy atom. The van der Waals surface area contributed by atoms with Crippen molar-refractivity contribution in [1.82, 2.24) is 25.1 Å². The number of amidine groups is 1. The molecule has 0 saturated heterocycles. The minimum absolute atomic E-state index is 0.240. The van der Waals surface area contributed by atoms with Gasteiger partial charge in [0.25, 0.3) is 0 Å². The van der Waals surface area contributed by atoms with E-state index in [-0.39, 0.29) is 5.84 Å². The van der Waals surface area contributed by atoms with Gasteiger partial charge in [-0.25, -0.2) is 9.97 Å². The zero-order chi connectivity index (χ0) is 21.3. The van der Waals surface area contributed by atoms with Crippen LogP contribution in [0.4, 0.5) is 5.95 Å². The van der Waals surface area contributed by atoms with Gasteiger partial charge in [-0.3, -0.25) is 10.1 Å². The molecule has 1 aliphatic carbocycles. The maximum absolute atomic E-state index is 8.14. The van der Waals surface area contributed by atoms with Gasteiger partial charge in [-0.1, -0.05) is 29.8 Å². The number of anilines is 1. The van der Waals surface area contributed by atoms with Crippen LogP contribution in [0.1, 0.15) is 35.0 Å². The second-order valence-corrected chi connectivity index (χ2v) is 7.74. The first kappa shape index (κ1) is 19.8. The average molecular weight is 402 g/mol.